The molecule has 2 aliphatic carbocycles. The molecule has 2 heteroatoms. The second-order valence-electron chi connectivity index (χ2n) is 6.71. The molecule has 1 fully saturated rings. The fourth-order valence-corrected chi connectivity index (χ4v) is 4.07. The Labute approximate surface area is 122 Å². The lowest BCUT2D eigenvalue weighted by atomic mass is 9.70. The molecule has 0 amide bonds. The molecule has 1 atom stereocenters. The number of ketones is 1. The second kappa shape index (κ2) is 5.33. The summed E-state index contributed by atoms with van der Waals surface area (Å²) in [6, 6.07) is 8.58. The van der Waals surface area contributed by atoms with Gasteiger partial charge in [-0.05, 0) is 50.4 Å². The molecular formula is C18H25NO. The third kappa shape index (κ3) is 2.20. The fraction of sp³-hybridized carbons (Fsp3) is 0.611. The number of carbonyl (C=O) groups excluding carboxylic acids is 1. The molecule has 2 nitrogen and oxygen atoms in total. The van der Waals surface area contributed by atoms with Crippen molar-refractivity contribution in [3.05, 3.63) is 35.4 Å². The fourth-order valence-electron chi connectivity index (χ4n) is 4.07. The smallest absolute Gasteiger partial charge is 0.153 e. The van der Waals surface area contributed by atoms with Crippen LogP contribution in [-0.2, 0) is 11.2 Å². The molecule has 0 aromatic heterocycles. The second-order valence-corrected chi connectivity index (χ2v) is 6.71. The predicted molar refractivity (Wildman–Crippen MR) is 82.0 cm³/mol. The van der Waals surface area contributed by atoms with Crippen molar-refractivity contribution in [2.24, 2.45) is 0 Å². The number of rotatable bonds is 4. The summed E-state index contributed by atoms with van der Waals surface area (Å²) in [7, 11) is 4.16. The van der Waals surface area contributed by atoms with Gasteiger partial charge in [0, 0.05) is 6.42 Å². The van der Waals surface area contributed by atoms with E-state index < -0.39 is 0 Å². The maximum atomic E-state index is 12.9. The van der Waals surface area contributed by atoms with E-state index in [9.17, 15) is 4.79 Å². The summed E-state index contributed by atoms with van der Waals surface area (Å²) in [5.41, 5.74) is 2.67. The van der Waals surface area contributed by atoms with Crippen LogP contribution in [0.3, 0.4) is 0 Å². The maximum Gasteiger partial charge on any atom is 0.153 e. The minimum Gasteiger partial charge on any atom is -0.298 e. The molecule has 20 heavy (non-hydrogen) atoms. The number of fused-ring (bicyclic) bond motifs is 1. The van der Waals surface area contributed by atoms with Crippen molar-refractivity contribution in [2.45, 2.75) is 56.4 Å². The number of nitrogens with zero attached hydrogens (tertiary/aromatic N) is 1. The van der Waals surface area contributed by atoms with E-state index in [1.807, 2.05) is 0 Å². The monoisotopic (exact) mass is 271 g/mol. The van der Waals surface area contributed by atoms with Gasteiger partial charge in [0.2, 0.25) is 0 Å². The van der Waals surface area contributed by atoms with Crippen molar-refractivity contribution in [3.63, 3.8) is 0 Å². The molecule has 0 heterocycles. The van der Waals surface area contributed by atoms with Gasteiger partial charge in [-0.3, -0.25) is 9.69 Å². The molecule has 1 saturated carbocycles. The number of carbonyl (C=O) groups is 1. The summed E-state index contributed by atoms with van der Waals surface area (Å²) >= 11 is 0. The summed E-state index contributed by atoms with van der Waals surface area (Å²) in [6.07, 6.45) is 7.60. The predicted octanol–water partition coefficient (Wildman–Crippen LogP) is 3.55. The molecule has 0 spiro atoms. The number of hydrogen-bond acceptors (Lipinski definition) is 2. The van der Waals surface area contributed by atoms with E-state index in [1.165, 1.54) is 30.4 Å². The van der Waals surface area contributed by atoms with Gasteiger partial charge in [-0.2, -0.15) is 0 Å². The summed E-state index contributed by atoms with van der Waals surface area (Å²) in [6.45, 7) is 0. The molecule has 1 aromatic carbocycles. The minimum absolute atomic E-state index is 0.178. The Bertz CT molecular complexity index is 500. The van der Waals surface area contributed by atoms with Crippen LogP contribution in [0.4, 0.5) is 0 Å². The average Bonchev–Trinajstić information content (AvgIpc) is 2.45. The molecule has 1 unspecified atom stereocenters. The van der Waals surface area contributed by atoms with E-state index in [0.29, 0.717) is 11.7 Å². The molecule has 3 rings (SSSR count). The highest BCUT2D eigenvalue weighted by Gasteiger charge is 2.42. The summed E-state index contributed by atoms with van der Waals surface area (Å²) in [4.78, 5) is 15.1. The zero-order chi connectivity index (χ0) is 14.2. The van der Waals surface area contributed by atoms with Gasteiger partial charge in [0.25, 0.3) is 0 Å². The average molecular weight is 271 g/mol. The summed E-state index contributed by atoms with van der Waals surface area (Å²) < 4.78 is 0. The molecule has 0 bridgehead atoms. The zero-order valence-electron chi connectivity index (χ0n) is 12.7. The number of benzene rings is 1. The lowest BCUT2D eigenvalue weighted by molar-refractivity contribution is -0.132. The van der Waals surface area contributed by atoms with Crippen LogP contribution < -0.4 is 0 Å². The Morgan fingerprint density at radius 3 is 2.55 bits per heavy atom. The Balaban J connectivity index is 1.73. The highest BCUT2D eigenvalue weighted by molar-refractivity contribution is 5.89. The highest BCUT2D eigenvalue weighted by Crippen LogP contribution is 2.41. The Kier molecular flexibility index (Phi) is 3.68. The van der Waals surface area contributed by atoms with Crippen molar-refractivity contribution in [1.82, 2.24) is 4.90 Å². The van der Waals surface area contributed by atoms with Gasteiger partial charge in [-0.1, -0.05) is 43.5 Å². The van der Waals surface area contributed by atoms with Gasteiger partial charge in [0.15, 0.2) is 5.78 Å². The quantitative estimate of drug-likeness (QED) is 0.834. The third-order valence-corrected chi connectivity index (χ3v) is 5.45. The van der Waals surface area contributed by atoms with E-state index in [4.69, 9.17) is 0 Å². The molecule has 0 aliphatic heterocycles. The molecule has 0 N–H and O–H groups in total. The maximum absolute atomic E-state index is 12.9. The molecular weight excluding hydrogens is 246 g/mol. The van der Waals surface area contributed by atoms with Crippen LogP contribution in [0.2, 0.25) is 0 Å². The van der Waals surface area contributed by atoms with Crippen LogP contribution in [-0.4, -0.2) is 30.3 Å². The van der Waals surface area contributed by atoms with Crippen molar-refractivity contribution in [2.75, 3.05) is 14.1 Å². The van der Waals surface area contributed by atoms with Gasteiger partial charge in [0.1, 0.15) is 0 Å². The van der Waals surface area contributed by atoms with Crippen LogP contribution >= 0.6 is 0 Å². The van der Waals surface area contributed by atoms with Crippen LogP contribution in [0.25, 0.3) is 0 Å². The molecule has 1 aromatic rings. The van der Waals surface area contributed by atoms with Crippen molar-refractivity contribution >= 4 is 5.78 Å². The number of likely N-dealkylation sites (N-methyl/N-ethyl adjacent to an activating group) is 1. The van der Waals surface area contributed by atoms with Gasteiger partial charge < -0.3 is 0 Å². The first-order valence-electron chi connectivity index (χ1n) is 7.92. The molecule has 0 saturated heterocycles. The van der Waals surface area contributed by atoms with Crippen LogP contribution in [0.5, 0.6) is 0 Å². The topological polar surface area (TPSA) is 20.3 Å². The first kappa shape index (κ1) is 13.8. The van der Waals surface area contributed by atoms with Gasteiger partial charge in [-0.25, -0.2) is 0 Å². The van der Waals surface area contributed by atoms with Crippen molar-refractivity contribution in [1.29, 1.82) is 0 Å². The Hall–Kier alpha value is -1.15. The Morgan fingerprint density at radius 1 is 1.20 bits per heavy atom. The first-order valence-corrected chi connectivity index (χ1v) is 7.92. The van der Waals surface area contributed by atoms with Gasteiger partial charge >= 0.3 is 0 Å². The number of hydrogen-bond donors (Lipinski definition) is 0. The molecule has 2 aliphatic rings. The third-order valence-electron chi connectivity index (χ3n) is 5.45. The standard InChI is InChI=1S/C18H25NO/c1-19(2)18(10-6-3-7-11-18)17(20)13-15-12-14-8-4-5-9-16(14)15/h4-5,8-9,15H,3,6-7,10-13H2,1-2H3. The lowest BCUT2D eigenvalue weighted by Crippen LogP contribution is -2.53. The Morgan fingerprint density at radius 2 is 1.90 bits per heavy atom. The number of Topliss-reactive ketones (excluding diaryl/α,β-unsaturated/α-hetero) is 1. The van der Waals surface area contributed by atoms with E-state index in [2.05, 4.69) is 43.3 Å². The van der Waals surface area contributed by atoms with Crippen LogP contribution in [0, 0.1) is 0 Å². The van der Waals surface area contributed by atoms with Gasteiger partial charge in [0.05, 0.1) is 5.54 Å². The van der Waals surface area contributed by atoms with Crippen molar-refractivity contribution < 1.29 is 4.79 Å². The van der Waals surface area contributed by atoms with E-state index >= 15 is 0 Å². The minimum atomic E-state index is -0.178. The van der Waals surface area contributed by atoms with Gasteiger partial charge in [-0.15, -0.1) is 0 Å². The SMILES string of the molecule is CN(C)C1(C(=O)CC2Cc3ccccc32)CCCCC1. The largest absolute Gasteiger partial charge is 0.298 e. The summed E-state index contributed by atoms with van der Waals surface area (Å²) in [5.74, 6) is 0.944. The normalized spacial score (nSPS) is 24.1. The first-order chi connectivity index (χ1) is 9.63. The van der Waals surface area contributed by atoms with E-state index in [1.54, 1.807) is 0 Å². The van der Waals surface area contributed by atoms with Crippen LogP contribution in [0.1, 0.15) is 55.6 Å². The lowest BCUT2D eigenvalue weighted by Gasteiger charge is -2.43. The van der Waals surface area contributed by atoms with Crippen LogP contribution in [0.15, 0.2) is 24.3 Å². The summed E-state index contributed by atoms with van der Waals surface area (Å²) in [5, 5.41) is 0. The molecule has 108 valence electrons. The molecule has 0 radical (unpaired) electrons. The van der Waals surface area contributed by atoms with Crippen molar-refractivity contribution in [3.8, 4) is 0 Å². The van der Waals surface area contributed by atoms with E-state index in [-0.39, 0.29) is 5.54 Å². The van der Waals surface area contributed by atoms with E-state index in [0.717, 1.165) is 25.7 Å². The highest BCUT2D eigenvalue weighted by atomic mass is 16.1. The zero-order valence-corrected chi connectivity index (χ0v) is 12.7.